The van der Waals surface area contributed by atoms with Crippen molar-refractivity contribution in [2.45, 2.75) is 17.6 Å². The van der Waals surface area contributed by atoms with Gasteiger partial charge in [-0.1, -0.05) is 12.1 Å². The highest BCUT2D eigenvalue weighted by Gasteiger charge is 2.03. The Bertz CT molecular complexity index is 453. The molecule has 1 aromatic heterocycles. The summed E-state index contributed by atoms with van der Waals surface area (Å²) in [4.78, 5) is 8.60. The van der Waals surface area contributed by atoms with Crippen molar-refractivity contribution >= 4 is 27.7 Å². The maximum absolute atomic E-state index is 4.27. The highest BCUT2D eigenvalue weighted by Crippen LogP contribution is 2.29. The van der Waals surface area contributed by atoms with Crippen LogP contribution in [-0.2, 0) is 5.75 Å². The van der Waals surface area contributed by atoms with E-state index >= 15 is 0 Å². The number of H-pyrrole nitrogens is 1. The van der Waals surface area contributed by atoms with Crippen LogP contribution in [0.1, 0.15) is 11.4 Å². The number of imidazole rings is 1. The van der Waals surface area contributed by atoms with Gasteiger partial charge in [0, 0.05) is 20.8 Å². The maximum atomic E-state index is 4.27. The second-order valence-corrected chi connectivity index (χ2v) is 5.06. The zero-order chi connectivity index (χ0) is 10.7. The number of aromatic nitrogens is 2. The van der Waals surface area contributed by atoms with Crippen LogP contribution in [0.2, 0.25) is 0 Å². The molecule has 2 rings (SSSR count). The van der Waals surface area contributed by atoms with Gasteiger partial charge in [0.05, 0.1) is 12.0 Å². The Kier molecular flexibility index (Phi) is 3.49. The molecule has 1 aromatic carbocycles. The van der Waals surface area contributed by atoms with Crippen LogP contribution in [-0.4, -0.2) is 9.97 Å². The van der Waals surface area contributed by atoms with E-state index < -0.39 is 0 Å². The van der Waals surface area contributed by atoms with Crippen LogP contribution in [0.4, 0.5) is 0 Å². The molecule has 1 heterocycles. The van der Waals surface area contributed by atoms with E-state index in [1.807, 2.05) is 19.1 Å². The summed E-state index contributed by atoms with van der Waals surface area (Å²) in [7, 11) is 0. The van der Waals surface area contributed by atoms with Gasteiger partial charge in [0.2, 0.25) is 0 Å². The van der Waals surface area contributed by atoms with Gasteiger partial charge in [-0.2, -0.15) is 0 Å². The molecule has 0 saturated heterocycles. The number of halogens is 1. The van der Waals surface area contributed by atoms with Crippen LogP contribution in [0.25, 0.3) is 0 Å². The average molecular weight is 283 g/mol. The third-order valence-corrected chi connectivity index (χ3v) is 4.17. The molecule has 78 valence electrons. The number of aryl methyl sites for hydroxylation is 1. The second-order valence-electron chi connectivity index (χ2n) is 3.19. The highest BCUT2D eigenvalue weighted by atomic mass is 79.9. The van der Waals surface area contributed by atoms with E-state index in [1.165, 1.54) is 4.90 Å². The quantitative estimate of drug-likeness (QED) is 0.868. The minimum Gasteiger partial charge on any atom is -0.348 e. The first-order valence-corrected chi connectivity index (χ1v) is 6.41. The lowest BCUT2D eigenvalue weighted by molar-refractivity contribution is 1.19. The zero-order valence-electron chi connectivity index (χ0n) is 8.33. The molecule has 0 aliphatic rings. The Morgan fingerprint density at radius 3 is 2.87 bits per heavy atom. The van der Waals surface area contributed by atoms with Crippen molar-refractivity contribution in [3.8, 4) is 0 Å². The summed E-state index contributed by atoms with van der Waals surface area (Å²) in [6, 6.07) is 8.23. The Morgan fingerprint density at radius 2 is 2.20 bits per heavy atom. The SMILES string of the molecule is Cc1[nH]cnc1CSc1ccccc1Br. The van der Waals surface area contributed by atoms with Crippen molar-refractivity contribution in [1.82, 2.24) is 9.97 Å². The molecular weight excluding hydrogens is 272 g/mol. The van der Waals surface area contributed by atoms with Gasteiger partial charge in [-0.05, 0) is 35.0 Å². The molecule has 0 fully saturated rings. The molecule has 0 atom stereocenters. The summed E-state index contributed by atoms with van der Waals surface area (Å²) < 4.78 is 1.14. The number of rotatable bonds is 3. The van der Waals surface area contributed by atoms with Gasteiger partial charge in [0.1, 0.15) is 0 Å². The van der Waals surface area contributed by atoms with Gasteiger partial charge in [0.15, 0.2) is 0 Å². The maximum Gasteiger partial charge on any atom is 0.0925 e. The van der Waals surface area contributed by atoms with Gasteiger partial charge >= 0.3 is 0 Å². The predicted octanol–water partition coefficient (Wildman–Crippen LogP) is 3.77. The van der Waals surface area contributed by atoms with Crippen LogP contribution in [0, 0.1) is 6.92 Å². The van der Waals surface area contributed by atoms with Crippen molar-refractivity contribution in [2.75, 3.05) is 0 Å². The van der Waals surface area contributed by atoms with Crippen LogP contribution < -0.4 is 0 Å². The normalized spacial score (nSPS) is 10.5. The molecule has 0 bridgehead atoms. The Balaban J connectivity index is 2.06. The summed E-state index contributed by atoms with van der Waals surface area (Å²) >= 11 is 5.32. The zero-order valence-corrected chi connectivity index (χ0v) is 10.7. The molecule has 4 heteroatoms. The Hall–Kier alpha value is -0.740. The van der Waals surface area contributed by atoms with Gasteiger partial charge in [-0.25, -0.2) is 4.98 Å². The van der Waals surface area contributed by atoms with Crippen molar-refractivity contribution in [2.24, 2.45) is 0 Å². The molecule has 0 spiro atoms. The third kappa shape index (κ3) is 2.63. The minimum absolute atomic E-state index is 0.901. The van der Waals surface area contributed by atoms with E-state index in [0.29, 0.717) is 0 Å². The summed E-state index contributed by atoms with van der Waals surface area (Å²) in [5.74, 6) is 0.901. The van der Waals surface area contributed by atoms with Gasteiger partial charge in [-0.3, -0.25) is 0 Å². The van der Waals surface area contributed by atoms with E-state index in [9.17, 15) is 0 Å². The number of nitrogens with zero attached hydrogens (tertiary/aromatic N) is 1. The second kappa shape index (κ2) is 4.86. The molecule has 2 nitrogen and oxygen atoms in total. The third-order valence-electron chi connectivity index (χ3n) is 2.14. The summed E-state index contributed by atoms with van der Waals surface area (Å²) in [6.45, 7) is 2.04. The number of benzene rings is 1. The average Bonchev–Trinajstić information content (AvgIpc) is 2.63. The Morgan fingerprint density at radius 1 is 1.40 bits per heavy atom. The van der Waals surface area contributed by atoms with Crippen molar-refractivity contribution in [3.05, 3.63) is 46.5 Å². The summed E-state index contributed by atoms with van der Waals surface area (Å²) in [5.41, 5.74) is 2.27. The smallest absolute Gasteiger partial charge is 0.0925 e. The first-order chi connectivity index (χ1) is 7.27. The molecular formula is C11H11BrN2S. The minimum atomic E-state index is 0.901. The van der Waals surface area contributed by atoms with E-state index in [-0.39, 0.29) is 0 Å². The monoisotopic (exact) mass is 282 g/mol. The van der Waals surface area contributed by atoms with E-state index in [0.717, 1.165) is 21.6 Å². The first kappa shape index (κ1) is 10.8. The molecule has 15 heavy (non-hydrogen) atoms. The van der Waals surface area contributed by atoms with E-state index in [4.69, 9.17) is 0 Å². The van der Waals surface area contributed by atoms with Crippen molar-refractivity contribution < 1.29 is 0 Å². The molecule has 0 aliphatic carbocycles. The van der Waals surface area contributed by atoms with Crippen LogP contribution >= 0.6 is 27.7 Å². The summed E-state index contributed by atoms with van der Waals surface area (Å²) in [6.07, 6.45) is 1.74. The first-order valence-electron chi connectivity index (χ1n) is 4.63. The fraction of sp³-hybridized carbons (Fsp3) is 0.182. The highest BCUT2D eigenvalue weighted by molar-refractivity contribution is 9.10. The topological polar surface area (TPSA) is 28.7 Å². The van der Waals surface area contributed by atoms with Crippen LogP contribution in [0.15, 0.2) is 40.0 Å². The number of thioether (sulfide) groups is 1. The lowest BCUT2D eigenvalue weighted by atomic mass is 10.4. The fourth-order valence-electron chi connectivity index (χ4n) is 1.24. The standard InChI is InChI=1S/C11H11BrN2S/c1-8-10(14-7-13-8)6-15-11-5-3-2-4-9(11)12/h2-5,7H,6H2,1H3,(H,13,14). The predicted molar refractivity (Wildman–Crippen MR) is 67.0 cm³/mol. The van der Waals surface area contributed by atoms with Crippen LogP contribution in [0.5, 0.6) is 0 Å². The largest absolute Gasteiger partial charge is 0.348 e. The molecule has 0 saturated carbocycles. The molecule has 0 unspecified atom stereocenters. The van der Waals surface area contributed by atoms with Gasteiger partial charge < -0.3 is 4.98 Å². The number of hydrogen-bond acceptors (Lipinski definition) is 2. The van der Waals surface area contributed by atoms with E-state index in [2.05, 4.69) is 38.0 Å². The number of hydrogen-bond donors (Lipinski definition) is 1. The van der Waals surface area contributed by atoms with Crippen molar-refractivity contribution in [1.29, 1.82) is 0 Å². The molecule has 1 N–H and O–H groups in total. The molecule has 0 aliphatic heterocycles. The lowest BCUT2D eigenvalue weighted by Gasteiger charge is -2.02. The Labute approximate surface area is 102 Å². The van der Waals surface area contributed by atoms with Gasteiger partial charge in [-0.15, -0.1) is 11.8 Å². The number of aromatic amines is 1. The molecule has 0 radical (unpaired) electrons. The van der Waals surface area contributed by atoms with Crippen LogP contribution in [0.3, 0.4) is 0 Å². The lowest BCUT2D eigenvalue weighted by Crippen LogP contribution is -1.84. The fourth-order valence-corrected chi connectivity index (χ4v) is 2.83. The molecule has 2 aromatic rings. The van der Waals surface area contributed by atoms with Gasteiger partial charge in [0.25, 0.3) is 0 Å². The van der Waals surface area contributed by atoms with Crippen molar-refractivity contribution in [3.63, 3.8) is 0 Å². The number of nitrogens with one attached hydrogen (secondary N) is 1. The summed E-state index contributed by atoms with van der Waals surface area (Å²) in [5, 5.41) is 0. The van der Waals surface area contributed by atoms with E-state index in [1.54, 1.807) is 18.1 Å². The molecule has 0 amide bonds.